The maximum atomic E-state index is 13.6. The van der Waals surface area contributed by atoms with E-state index >= 15 is 0 Å². The maximum absolute atomic E-state index is 13.6. The van der Waals surface area contributed by atoms with Crippen LogP contribution in [0.4, 0.5) is 0 Å². The highest BCUT2D eigenvalue weighted by molar-refractivity contribution is 6.31. The Bertz CT molecular complexity index is 1500. The Balaban J connectivity index is 1.69. The number of aliphatic carboxylic acids is 1. The van der Waals surface area contributed by atoms with Crippen molar-refractivity contribution in [1.29, 1.82) is 0 Å². The van der Waals surface area contributed by atoms with Crippen LogP contribution in [0.25, 0.3) is 0 Å². The first-order valence-corrected chi connectivity index (χ1v) is 12.4. The number of ether oxygens (including phenoxy) is 3. The van der Waals surface area contributed by atoms with Gasteiger partial charge in [-0.25, -0.2) is 4.79 Å². The fraction of sp³-hybridized carbons (Fsp3) is 0.407. The molecule has 3 aliphatic rings. The van der Waals surface area contributed by atoms with Gasteiger partial charge in [0.25, 0.3) is 0 Å². The third-order valence-corrected chi connectivity index (χ3v) is 7.84. The first-order valence-electron chi connectivity index (χ1n) is 12.4. The molecule has 14 nitrogen and oxygen atoms in total. The van der Waals surface area contributed by atoms with E-state index in [-0.39, 0.29) is 28.0 Å². The van der Waals surface area contributed by atoms with Crippen LogP contribution < -0.4 is 4.74 Å². The Kier molecular flexibility index (Phi) is 6.88. The Morgan fingerprint density at radius 2 is 1.63 bits per heavy atom. The van der Waals surface area contributed by atoms with Gasteiger partial charge in [0, 0.05) is 29.5 Å². The van der Waals surface area contributed by atoms with Crippen molar-refractivity contribution in [1.82, 2.24) is 0 Å². The fourth-order valence-corrected chi connectivity index (χ4v) is 5.63. The van der Waals surface area contributed by atoms with E-state index in [1.54, 1.807) is 0 Å². The van der Waals surface area contributed by atoms with Gasteiger partial charge in [0.15, 0.2) is 24.0 Å². The molecule has 0 saturated carbocycles. The van der Waals surface area contributed by atoms with Crippen LogP contribution in [-0.2, 0) is 25.5 Å². The van der Waals surface area contributed by atoms with Crippen LogP contribution in [0.1, 0.15) is 62.4 Å². The summed E-state index contributed by atoms with van der Waals surface area (Å²) in [5.41, 5.74) is -4.37. The summed E-state index contributed by atoms with van der Waals surface area (Å²) >= 11 is 0. The van der Waals surface area contributed by atoms with E-state index in [2.05, 4.69) is 0 Å². The number of aliphatic hydroxyl groups is 4. The van der Waals surface area contributed by atoms with Crippen LogP contribution in [0.3, 0.4) is 0 Å². The van der Waals surface area contributed by atoms with Crippen LogP contribution in [-0.4, -0.2) is 102 Å². The van der Waals surface area contributed by atoms with Gasteiger partial charge in [0.05, 0.1) is 29.9 Å². The normalized spacial score (nSPS) is 30.7. The number of carbonyl (C=O) groups is 4. The molecule has 1 fully saturated rings. The van der Waals surface area contributed by atoms with Crippen LogP contribution in [0.15, 0.2) is 18.2 Å². The molecular weight excluding hydrogens is 548 g/mol. The minimum atomic E-state index is -2.25. The first kappa shape index (κ1) is 28.6. The Morgan fingerprint density at radius 3 is 2.24 bits per heavy atom. The molecule has 2 aromatic rings. The molecule has 2 aliphatic carbocycles. The van der Waals surface area contributed by atoms with E-state index in [9.17, 15) is 54.9 Å². The van der Waals surface area contributed by atoms with Crippen molar-refractivity contribution in [3.63, 3.8) is 0 Å². The van der Waals surface area contributed by atoms with E-state index in [0.717, 1.165) is 6.92 Å². The highest BCUT2D eigenvalue weighted by atomic mass is 16.7. The Morgan fingerprint density at radius 1 is 0.976 bits per heavy atom. The number of hydrogen-bond donors (Lipinski definition) is 7. The van der Waals surface area contributed by atoms with Crippen LogP contribution in [0, 0.1) is 0 Å². The lowest BCUT2D eigenvalue weighted by Gasteiger charge is -2.43. The molecular formula is C27H26O14. The lowest BCUT2D eigenvalue weighted by molar-refractivity contribution is -0.308. The first-order chi connectivity index (χ1) is 19.2. The largest absolute Gasteiger partial charge is 0.507 e. The van der Waals surface area contributed by atoms with Crippen LogP contribution >= 0.6 is 0 Å². The lowest BCUT2D eigenvalue weighted by atomic mass is 9.72. The summed E-state index contributed by atoms with van der Waals surface area (Å²) < 4.78 is 16.1. The van der Waals surface area contributed by atoms with Gasteiger partial charge in [-0.2, -0.15) is 0 Å². The molecule has 5 rings (SSSR count). The summed E-state index contributed by atoms with van der Waals surface area (Å²) in [4.78, 5) is 51.2. The molecule has 0 amide bonds. The van der Waals surface area contributed by atoms with Gasteiger partial charge in [-0.05, 0) is 13.0 Å². The Labute approximate surface area is 230 Å². The molecule has 0 radical (unpaired) electrons. The van der Waals surface area contributed by atoms with Crippen molar-refractivity contribution in [2.24, 2.45) is 0 Å². The minimum absolute atomic E-state index is 0.0212. The third kappa shape index (κ3) is 4.18. The zero-order chi connectivity index (χ0) is 30.1. The van der Waals surface area contributed by atoms with Crippen molar-refractivity contribution < 1.29 is 69.1 Å². The van der Waals surface area contributed by atoms with E-state index in [0.29, 0.717) is 0 Å². The summed E-state index contributed by atoms with van der Waals surface area (Å²) in [6.07, 6.45) is -13.1. The standard InChI is InChI=1S/C27H26O14/c1-8(28)27(38)6-10-14(12(7-27)40-26-23(35)21(33)22(34)24(41-26)25(36)37)20(32)16-15(18(10)30)17(29)9-4-3-5-11(39-2)13(9)19(16)31/h3-5,12,21-24,26,30,32-35,38H,6-7H2,1-2H3,(H,36,37)/t12-,21-,22-,23+,24-,26-,27-/m0/s1. The highest BCUT2D eigenvalue weighted by Crippen LogP contribution is 2.52. The quantitative estimate of drug-likeness (QED) is 0.183. The molecule has 218 valence electrons. The zero-order valence-electron chi connectivity index (χ0n) is 21.6. The molecule has 2 aromatic carbocycles. The molecule has 1 saturated heterocycles. The molecule has 0 spiro atoms. The van der Waals surface area contributed by atoms with Gasteiger partial charge in [0.1, 0.15) is 41.2 Å². The molecule has 7 N–H and O–H groups in total. The van der Waals surface area contributed by atoms with Gasteiger partial charge in [-0.15, -0.1) is 0 Å². The number of aromatic hydroxyl groups is 2. The number of fused-ring (bicyclic) bond motifs is 3. The van der Waals surface area contributed by atoms with Gasteiger partial charge in [-0.1, -0.05) is 12.1 Å². The van der Waals surface area contributed by atoms with Gasteiger partial charge < -0.3 is 50.0 Å². The van der Waals surface area contributed by atoms with E-state index in [4.69, 9.17) is 14.2 Å². The number of phenols is 2. The minimum Gasteiger partial charge on any atom is -0.507 e. The molecule has 0 unspecified atom stereocenters. The molecule has 41 heavy (non-hydrogen) atoms. The van der Waals surface area contributed by atoms with Crippen molar-refractivity contribution in [2.45, 2.75) is 62.2 Å². The number of hydrogen-bond acceptors (Lipinski definition) is 13. The van der Waals surface area contributed by atoms with Crippen molar-refractivity contribution in [2.75, 3.05) is 7.11 Å². The average molecular weight is 574 g/mol. The molecule has 1 heterocycles. The summed E-state index contributed by atoms with van der Waals surface area (Å²) in [6.45, 7) is 1.04. The second-order valence-corrected chi connectivity index (χ2v) is 10.2. The lowest BCUT2D eigenvalue weighted by Crippen LogP contribution is -2.60. The molecule has 1 aliphatic heterocycles. The monoisotopic (exact) mass is 574 g/mol. The predicted octanol–water partition coefficient (Wildman–Crippen LogP) is -0.902. The summed E-state index contributed by atoms with van der Waals surface area (Å²) in [5, 5.41) is 74.0. The van der Waals surface area contributed by atoms with Crippen molar-refractivity contribution in [3.05, 3.63) is 51.6 Å². The number of aliphatic hydroxyl groups excluding tert-OH is 3. The Hall–Kier alpha value is -3.92. The maximum Gasteiger partial charge on any atom is 0.335 e. The third-order valence-electron chi connectivity index (χ3n) is 7.84. The van der Waals surface area contributed by atoms with Crippen LogP contribution in [0.2, 0.25) is 0 Å². The number of benzene rings is 2. The number of carbonyl (C=O) groups excluding carboxylic acids is 3. The second kappa shape index (κ2) is 9.87. The fourth-order valence-electron chi connectivity index (χ4n) is 5.63. The van der Waals surface area contributed by atoms with Gasteiger partial charge in [-0.3, -0.25) is 14.4 Å². The van der Waals surface area contributed by atoms with Crippen molar-refractivity contribution >= 4 is 23.3 Å². The van der Waals surface area contributed by atoms with E-state index in [1.807, 2.05) is 0 Å². The SMILES string of the molecule is COc1cccc2c1C(=O)c1c(O)c3c(c(O)c1C2=O)C[C@@](O)(C(C)=O)C[C@@H]3O[C@H]1O[C@H](C(=O)O)[C@@H](O)[C@H](O)[C@H]1O. The van der Waals surface area contributed by atoms with E-state index in [1.165, 1.54) is 25.3 Å². The highest BCUT2D eigenvalue weighted by Gasteiger charge is 2.52. The summed E-state index contributed by atoms with van der Waals surface area (Å²) in [6, 6.07) is 4.20. The number of methoxy groups -OCH3 is 1. The summed E-state index contributed by atoms with van der Waals surface area (Å²) in [5.74, 6) is -5.84. The number of carboxylic acids is 1. The number of carboxylic acid groups (broad SMARTS) is 1. The van der Waals surface area contributed by atoms with Gasteiger partial charge in [0.2, 0.25) is 5.78 Å². The molecule has 0 aromatic heterocycles. The molecule has 0 bridgehead atoms. The topological polar surface area (TPSA) is 238 Å². The van der Waals surface area contributed by atoms with E-state index < -0.39 is 101 Å². The average Bonchev–Trinajstić information content (AvgIpc) is 2.92. The molecule has 14 heteroatoms. The number of phenolic OH excluding ortho intramolecular Hbond substituents is 2. The second-order valence-electron chi connectivity index (χ2n) is 10.2. The summed E-state index contributed by atoms with van der Waals surface area (Å²) in [7, 11) is 1.27. The predicted molar refractivity (Wildman–Crippen MR) is 132 cm³/mol. The number of Topliss-reactive ketones (excluding diaryl/α,β-unsaturated/α-hetero) is 1. The smallest absolute Gasteiger partial charge is 0.335 e. The number of ketones is 3. The van der Waals surface area contributed by atoms with Crippen LogP contribution in [0.5, 0.6) is 17.2 Å². The number of rotatable bonds is 5. The zero-order valence-corrected chi connectivity index (χ0v) is 21.6. The van der Waals surface area contributed by atoms with Crippen molar-refractivity contribution in [3.8, 4) is 17.2 Å². The van der Waals surface area contributed by atoms with Gasteiger partial charge >= 0.3 is 5.97 Å². The molecule has 7 atom stereocenters.